The van der Waals surface area contributed by atoms with Gasteiger partial charge in [-0.05, 0) is 24.6 Å². The molecule has 5 heteroatoms. The van der Waals surface area contributed by atoms with Crippen LogP contribution in [0.4, 0.5) is 5.69 Å². The third-order valence-corrected chi connectivity index (χ3v) is 2.37. The average Bonchev–Trinajstić information content (AvgIpc) is 2.43. The number of amides is 1. The first-order chi connectivity index (χ1) is 9.15. The van der Waals surface area contributed by atoms with Gasteiger partial charge in [-0.25, -0.2) is 0 Å². The fraction of sp³-hybridized carbons (Fsp3) is 0.357. The first kappa shape index (κ1) is 14.7. The summed E-state index contributed by atoms with van der Waals surface area (Å²) in [6, 6.07) is 8.50. The molecule has 0 saturated carbocycles. The van der Waals surface area contributed by atoms with E-state index >= 15 is 0 Å². The number of esters is 1. The number of hydrogen-bond donors (Lipinski definition) is 1. The number of unbranched alkanes of at least 4 members (excludes halogenated alkanes) is 1. The van der Waals surface area contributed by atoms with Gasteiger partial charge in [0.15, 0.2) is 6.61 Å². The Morgan fingerprint density at radius 1 is 1.42 bits per heavy atom. The lowest BCUT2D eigenvalue weighted by Crippen LogP contribution is -2.20. The predicted octanol–water partition coefficient (Wildman–Crippen LogP) is 2.23. The Bertz CT molecular complexity index is 492. The SMILES string of the molecule is CCCCC(=O)OCC(=O)Nc1cccc(C#N)c1. The van der Waals surface area contributed by atoms with Gasteiger partial charge in [-0.2, -0.15) is 5.26 Å². The molecule has 0 unspecified atom stereocenters. The summed E-state index contributed by atoms with van der Waals surface area (Å²) in [5.74, 6) is -0.789. The van der Waals surface area contributed by atoms with E-state index in [2.05, 4.69) is 5.32 Å². The summed E-state index contributed by atoms with van der Waals surface area (Å²) in [6.07, 6.45) is 1.99. The van der Waals surface area contributed by atoms with E-state index in [9.17, 15) is 9.59 Å². The molecule has 0 bridgehead atoms. The molecule has 1 aromatic carbocycles. The molecule has 0 fully saturated rings. The van der Waals surface area contributed by atoms with Crippen molar-refractivity contribution in [2.24, 2.45) is 0 Å². The normalized spacial score (nSPS) is 9.47. The molecule has 0 atom stereocenters. The summed E-state index contributed by atoms with van der Waals surface area (Å²) in [5, 5.41) is 11.3. The lowest BCUT2D eigenvalue weighted by Gasteiger charge is -2.06. The van der Waals surface area contributed by atoms with Crippen molar-refractivity contribution in [2.75, 3.05) is 11.9 Å². The van der Waals surface area contributed by atoms with Gasteiger partial charge in [0, 0.05) is 12.1 Å². The molecule has 1 rings (SSSR count). The van der Waals surface area contributed by atoms with Crippen molar-refractivity contribution >= 4 is 17.6 Å². The average molecular weight is 260 g/mol. The number of anilines is 1. The van der Waals surface area contributed by atoms with Gasteiger partial charge in [-0.15, -0.1) is 0 Å². The number of rotatable bonds is 6. The van der Waals surface area contributed by atoms with Crippen LogP contribution < -0.4 is 5.32 Å². The van der Waals surface area contributed by atoms with Crippen molar-refractivity contribution in [3.05, 3.63) is 29.8 Å². The zero-order chi connectivity index (χ0) is 14.1. The highest BCUT2D eigenvalue weighted by Gasteiger charge is 2.07. The molecule has 0 heterocycles. The molecule has 1 aromatic rings. The van der Waals surface area contributed by atoms with E-state index in [1.54, 1.807) is 24.3 Å². The summed E-state index contributed by atoms with van der Waals surface area (Å²) in [4.78, 5) is 22.7. The van der Waals surface area contributed by atoms with Gasteiger partial charge in [0.2, 0.25) is 0 Å². The smallest absolute Gasteiger partial charge is 0.306 e. The second-order valence-corrected chi connectivity index (χ2v) is 4.01. The highest BCUT2D eigenvalue weighted by atomic mass is 16.5. The van der Waals surface area contributed by atoms with E-state index in [1.807, 2.05) is 13.0 Å². The largest absolute Gasteiger partial charge is 0.456 e. The van der Waals surface area contributed by atoms with Crippen molar-refractivity contribution in [2.45, 2.75) is 26.2 Å². The first-order valence-corrected chi connectivity index (χ1v) is 6.11. The number of benzene rings is 1. The predicted molar refractivity (Wildman–Crippen MR) is 70.3 cm³/mol. The lowest BCUT2D eigenvalue weighted by atomic mass is 10.2. The van der Waals surface area contributed by atoms with Crippen LogP contribution in [0.25, 0.3) is 0 Å². The number of nitriles is 1. The summed E-state index contributed by atoms with van der Waals surface area (Å²) < 4.78 is 4.82. The van der Waals surface area contributed by atoms with Crippen LogP contribution in [0, 0.1) is 11.3 Å². The lowest BCUT2D eigenvalue weighted by molar-refractivity contribution is -0.147. The molecule has 1 N–H and O–H groups in total. The third-order valence-electron chi connectivity index (χ3n) is 2.37. The fourth-order valence-electron chi connectivity index (χ4n) is 1.40. The maximum atomic E-state index is 11.5. The van der Waals surface area contributed by atoms with Gasteiger partial charge < -0.3 is 10.1 Å². The standard InChI is InChI=1S/C14H16N2O3/c1-2-3-7-14(18)19-10-13(17)16-12-6-4-5-11(8-12)9-15/h4-6,8H,2-3,7,10H2,1H3,(H,16,17). The minimum atomic E-state index is -0.417. The van der Waals surface area contributed by atoms with Gasteiger partial charge in [-0.3, -0.25) is 9.59 Å². The molecule has 0 spiro atoms. The van der Waals surface area contributed by atoms with Gasteiger partial charge in [0.25, 0.3) is 5.91 Å². The minimum Gasteiger partial charge on any atom is -0.456 e. The molecule has 100 valence electrons. The minimum absolute atomic E-state index is 0.306. The van der Waals surface area contributed by atoms with Crippen LogP contribution in [-0.2, 0) is 14.3 Å². The molecular weight excluding hydrogens is 244 g/mol. The van der Waals surface area contributed by atoms with Crippen molar-refractivity contribution in [3.63, 3.8) is 0 Å². The van der Waals surface area contributed by atoms with E-state index < -0.39 is 5.91 Å². The molecule has 5 nitrogen and oxygen atoms in total. The highest BCUT2D eigenvalue weighted by Crippen LogP contribution is 2.09. The maximum Gasteiger partial charge on any atom is 0.306 e. The second-order valence-electron chi connectivity index (χ2n) is 4.01. The molecule has 0 radical (unpaired) electrons. The van der Waals surface area contributed by atoms with Crippen molar-refractivity contribution < 1.29 is 14.3 Å². The molecule has 19 heavy (non-hydrogen) atoms. The zero-order valence-corrected chi connectivity index (χ0v) is 10.8. The Morgan fingerprint density at radius 3 is 2.89 bits per heavy atom. The first-order valence-electron chi connectivity index (χ1n) is 6.11. The van der Waals surface area contributed by atoms with E-state index in [4.69, 9.17) is 10.00 Å². The van der Waals surface area contributed by atoms with Crippen LogP contribution in [0.3, 0.4) is 0 Å². The summed E-state index contributed by atoms with van der Waals surface area (Å²) in [7, 11) is 0. The van der Waals surface area contributed by atoms with E-state index in [-0.39, 0.29) is 12.6 Å². The molecule has 0 aliphatic rings. The molecular formula is C14H16N2O3. The Hall–Kier alpha value is -2.35. The van der Waals surface area contributed by atoms with Crippen LogP contribution in [0.15, 0.2) is 24.3 Å². The highest BCUT2D eigenvalue weighted by molar-refractivity contribution is 5.92. The maximum absolute atomic E-state index is 11.5. The number of nitrogens with zero attached hydrogens (tertiary/aromatic N) is 1. The number of hydrogen-bond acceptors (Lipinski definition) is 4. The molecule has 0 aliphatic carbocycles. The van der Waals surface area contributed by atoms with Crippen LogP contribution in [0.1, 0.15) is 31.7 Å². The van der Waals surface area contributed by atoms with E-state index in [0.717, 1.165) is 12.8 Å². The Labute approximate surface area is 112 Å². The van der Waals surface area contributed by atoms with Crippen molar-refractivity contribution in [1.82, 2.24) is 0 Å². The molecule has 0 saturated heterocycles. The quantitative estimate of drug-likeness (QED) is 0.795. The van der Waals surface area contributed by atoms with Gasteiger partial charge in [-0.1, -0.05) is 19.4 Å². The summed E-state index contributed by atoms with van der Waals surface area (Å²) in [6.45, 7) is 1.67. The van der Waals surface area contributed by atoms with Crippen LogP contribution in [0.5, 0.6) is 0 Å². The second kappa shape index (κ2) is 7.88. The van der Waals surface area contributed by atoms with Crippen molar-refractivity contribution in [1.29, 1.82) is 5.26 Å². The fourth-order valence-corrected chi connectivity index (χ4v) is 1.40. The van der Waals surface area contributed by atoms with Gasteiger partial charge in [0.1, 0.15) is 0 Å². The summed E-state index contributed by atoms with van der Waals surface area (Å²) >= 11 is 0. The van der Waals surface area contributed by atoms with Gasteiger partial charge in [0.05, 0.1) is 11.6 Å². The Morgan fingerprint density at radius 2 is 2.21 bits per heavy atom. The third kappa shape index (κ3) is 5.68. The van der Waals surface area contributed by atoms with Crippen LogP contribution in [-0.4, -0.2) is 18.5 Å². The van der Waals surface area contributed by atoms with E-state index in [1.165, 1.54) is 0 Å². The van der Waals surface area contributed by atoms with E-state index in [0.29, 0.717) is 17.7 Å². The zero-order valence-electron chi connectivity index (χ0n) is 10.8. The topological polar surface area (TPSA) is 79.2 Å². The van der Waals surface area contributed by atoms with Crippen molar-refractivity contribution in [3.8, 4) is 6.07 Å². The Balaban J connectivity index is 2.39. The molecule has 1 amide bonds. The van der Waals surface area contributed by atoms with Crippen LogP contribution in [0.2, 0.25) is 0 Å². The summed E-state index contributed by atoms with van der Waals surface area (Å²) in [5.41, 5.74) is 0.964. The number of ether oxygens (including phenoxy) is 1. The van der Waals surface area contributed by atoms with Crippen LogP contribution >= 0.6 is 0 Å². The molecule has 0 aromatic heterocycles. The molecule has 0 aliphatic heterocycles. The number of carbonyl (C=O) groups excluding carboxylic acids is 2. The number of nitrogens with one attached hydrogen (secondary N) is 1. The number of carbonyl (C=O) groups is 2. The van der Waals surface area contributed by atoms with Gasteiger partial charge >= 0.3 is 5.97 Å². The monoisotopic (exact) mass is 260 g/mol. The Kier molecular flexibility index (Phi) is 6.10.